The highest BCUT2D eigenvalue weighted by Gasteiger charge is 2.37. The summed E-state index contributed by atoms with van der Waals surface area (Å²) < 4.78 is 20.2. The number of halogens is 1. The van der Waals surface area contributed by atoms with E-state index in [9.17, 15) is 9.18 Å². The molecule has 1 amide bonds. The van der Waals surface area contributed by atoms with Gasteiger partial charge in [-0.25, -0.2) is 9.18 Å². The van der Waals surface area contributed by atoms with E-state index < -0.39 is 11.3 Å². The van der Waals surface area contributed by atoms with Gasteiger partial charge in [0, 0.05) is 25.8 Å². The number of likely N-dealkylation sites (tertiary alicyclic amines) is 1. The van der Waals surface area contributed by atoms with E-state index in [1.807, 2.05) is 26.8 Å². The van der Waals surface area contributed by atoms with E-state index in [1.165, 1.54) is 0 Å². The number of carbonyl (C=O) groups is 1. The number of pyridine rings is 1. The molecule has 0 unspecified atom stereocenters. The Hall–Kier alpha value is -1.69. The lowest BCUT2D eigenvalue weighted by molar-refractivity contribution is 0.0488. The van der Waals surface area contributed by atoms with Gasteiger partial charge in [0.2, 0.25) is 0 Å². The van der Waals surface area contributed by atoms with Gasteiger partial charge in [0.15, 0.2) is 5.67 Å². The number of carbonyl (C=O) groups excluding carboxylic acids is 1. The number of amides is 1. The number of nitrogens with zero attached hydrogens (tertiary/aromatic N) is 2. The van der Waals surface area contributed by atoms with Gasteiger partial charge in [0.05, 0.1) is 5.69 Å². The van der Waals surface area contributed by atoms with Gasteiger partial charge in [-0.05, 0) is 58.7 Å². The third-order valence-corrected chi connectivity index (χ3v) is 4.09. The van der Waals surface area contributed by atoms with E-state index in [1.54, 1.807) is 18.3 Å². The first-order valence-electron chi connectivity index (χ1n) is 8.58. The topological polar surface area (TPSA) is 54.5 Å². The van der Waals surface area contributed by atoms with Crippen LogP contribution in [0.5, 0.6) is 0 Å². The van der Waals surface area contributed by atoms with Crippen molar-refractivity contribution < 1.29 is 13.9 Å². The summed E-state index contributed by atoms with van der Waals surface area (Å²) in [5.74, 6) is 0. The van der Waals surface area contributed by atoms with Crippen molar-refractivity contribution in [1.29, 1.82) is 0 Å². The van der Waals surface area contributed by atoms with Gasteiger partial charge in [-0.15, -0.1) is 0 Å². The minimum Gasteiger partial charge on any atom is -0.444 e. The maximum absolute atomic E-state index is 15.0. The molecule has 0 aliphatic carbocycles. The SMILES string of the molecule is CC(C)(C)OC(=O)NCCCN1CCC(F)(c2ccccn2)CC1. The van der Waals surface area contributed by atoms with Crippen LogP contribution in [0.3, 0.4) is 0 Å². The van der Waals surface area contributed by atoms with Crippen LogP contribution in [0.25, 0.3) is 0 Å². The van der Waals surface area contributed by atoms with Crippen LogP contribution in [0, 0.1) is 0 Å². The number of piperidine rings is 1. The fraction of sp³-hybridized carbons (Fsp3) is 0.667. The van der Waals surface area contributed by atoms with Crippen LogP contribution in [0.4, 0.5) is 9.18 Å². The first-order valence-corrected chi connectivity index (χ1v) is 8.58. The smallest absolute Gasteiger partial charge is 0.407 e. The van der Waals surface area contributed by atoms with Crippen molar-refractivity contribution in [2.75, 3.05) is 26.2 Å². The van der Waals surface area contributed by atoms with Crippen molar-refractivity contribution in [1.82, 2.24) is 15.2 Å². The molecule has 2 rings (SSSR count). The zero-order chi connectivity index (χ0) is 17.6. The molecule has 5 nitrogen and oxygen atoms in total. The molecule has 134 valence electrons. The molecule has 0 atom stereocenters. The number of ether oxygens (including phenoxy) is 1. The molecule has 1 fully saturated rings. The number of nitrogens with one attached hydrogen (secondary N) is 1. The zero-order valence-electron chi connectivity index (χ0n) is 14.8. The Morgan fingerprint density at radius 1 is 1.38 bits per heavy atom. The fourth-order valence-electron chi connectivity index (χ4n) is 2.82. The van der Waals surface area contributed by atoms with E-state index in [4.69, 9.17) is 4.74 Å². The van der Waals surface area contributed by atoms with E-state index >= 15 is 0 Å². The molecule has 2 heterocycles. The Morgan fingerprint density at radius 3 is 2.67 bits per heavy atom. The van der Waals surface area contributed by atoms with Gasteiger partial charge in [-0.2, -0.15) is 0 Å². The molecular formula is C18H28FN3O2. The van der Waals surface area contributed by atoms with Crippen molar-refractivity contribution >= 4 is 6.09 Å². The summed E-state index contributed by atoms with van der Waals surface area (Å²) in [4.78, 5) is 18.0. The molecule has 0 spiro atoms. The molecule has 0 saturated carbocycles. The molecule has 6 heteroatoms. The maximum Gasteiger partial charge on any atom is 0.407 e. The van der Waals surface area contributed by atoms with Crippen LogP contribution in [0.1, 0.15) is 45.7 Å². The average Bonchev–Trinajstić information content (AvgIpc) is 2.52. The lowest BCUT2D eigenvalue weighted by atomic mass is 9.89. The minimum absolute atomic E-state index is 0.390. The number of rotatable bonds is 5. The highest BCUT2D eigenvalue weighted by Crippen LogP contribution is 2.35. The van der Waals surface area contributed by atoms with Gasteiger partial charge < -0.3 is 15.0 Å². The van der Waals surface area contributed by atoms with Crippen molar-refractivity contribution in [3.8, 4) is 0 Å². The summed E-state index contributed by atoms with van der Waals surface area (Å²) in [5.41, 5.74) is -1.25. The molecular weight excluding hydrogens is 309 g/mol. The third kappa shape index (κ3) is 5.74. The second-order valence-electron chi connectivity index (χ2n) is 7.30. The largest absolute Gasteiger partial charge is 0.444 e. The quantitative estimate of drug-likeness (QED) is 0.838. The van der Waals surface area contributed by atoms with E-state index in [0.29, 0.717) is 38.2 Å². The van der Waals surface area contributed by atoms with Crippen molar-refractivity contribution in [2.45, 2.75) is 51.3 Å². The van der Waals surface area contributed by atoms with Gasteiger partial charge in [0.25, 0.3) is 0 Å². The van der Waals surface area contributed by atoms with Gasteiger partial charge in [0.1, 0.15) is 5.60 Å². The number of hydrogen-bond acceptors (Lipinski definition) is 4. The van der Waals surface area contributed by atoms with E-state index in [0.717, 1.165) is 13.0 Å². The number of hydrogen-bond donors (Lipinski definition) is 1. The highest BCUT2D eigenvalue weighted by atomic mass is 19.1. The summed E-state index contributed by atoms with van der Waals surface area (Å²) >= 11 is 0. The van der Waals surface area contributed by atoms with Crippen LogP contribution in [-0.2, 0) is 10.4 Å². The number of alkyl carbamates (subject to hydrolysis) is 1. The summed E-state index contributed by atoms with van der Waals surface area (Å²) in [6.45, 7) is 8.33. The molecule has 24 heavy (non-hydrogen) atoms. The number of alkyl halides is 1. The predicted octanol–water partition coefficient (Wildman–Crippen LogP) is 3.26. The van der Waals surface area contributed by atoms with Crippen LogP contribution in [0.2, 0.25) is 0 Å². The third-order valence-electron chi connectivity index (χ3n) is 4.09. The van der Waals surface area contributed by atoms with E-state index in [2.05, 4.69) is 15.2 Å². The predicted molar refractivity (Wildman–Crippen MR) is 91.6 cm³/mol. The normalized spacial score (nSPS) is 18.2. The Labute approximate surface area is 143 Å². The van der Waals surface area contributed by atoms with Crippen LogP contribution in [0.15, 0.2) is 24.4 Å². The molecule has 1 aliphatic heterocycles. The zero-order valence-corrected chi connectivity index (χ0v) is 14.8. The van der Waals surface area contributed by atoms with Gasteiger partial charge >= 0.3 is 6.09 Å². The molecule has 0 bridgehead atoms. The molecule has 1 aromatic heterocycles. The van der Waals surface area contributed by atoms with Gasteiger partial charge in [-0.1, -0.05) is 6.07 Å². The Kier molecular flexibility index (Phi) is 6.15. The Balaban J connectivity index is 1.66. The summed E-state index contributed by atoms with van der Waals surface area (Å²) in [7, 11) is 0. The second kappa shape index (κ2) is 7.92. The van der Waals surface area contributed by atoms with Crippen LogP contribution >= 0.6 is 0 Å². The monoisotopic (exact) mass is 337 g/mol. The molecule has 1 aliphatic rings. The molecule has 0 aromatic carbocycles. The maximum atomic E-state index is 15.0. The average molecular weight is 337 g/mol. The fourth-order valence-corrected chi connectivity index (χ4v) is 2.82. The van der Waals surface area contributed by atoms with E-state index in [-0.39, 0.29) is 6.09 Å². The molecule has 1 N–H and O–H groups in total. The van der Waals surface area contributed by atoms with Crippen molar-refractivity contribution in [3.63, 3.8) is 0 Å². The second-order valence-corrected chi connectivity index (χ2v) is 7.30. The standard InChI is InChI=1S/C18H28FN3O2/c1-17(2,3)24-16(23)21-11-6-12-22-13-8-18(19,9-14-22)15-7-4-5-10-20-15/h4-5,7,10H,6,8-9,11-14H2,1-3H3,(H,21,23). The molecule has 1 aromatic rings. The van der Waals surface area contributed by atoms with Crippen molar-refractivity contribution in [2.24, 2.45) is 0 Å². The lowest BCUT2D eigenvalue weighted by Crippen LogP contribution is -2.41. The summed E-state index contributed by atoms with van der Waals surface area (Å²) in [6, 6.07) is 5.40. The molecule has 1 saturated heterocycles. The lowest BCUT2D eigenvalue weighted by Gasteiger charge is -2.36. The first-order chi connectivity index (χ1) is 11.3. The van der Waals surface area contributed by atoms with Crippen molar-refractivity contribution in [3.05, 3.63) is 30.1 Å². The first kappa shape index (κ1) is 18.6. The highest BCUT2D eigenvalue weighted by molar-refractivity contribution is 5.67. The minimum atomic E-state index is -1.31. The van der Waals surface area contributed by atoms with Crippen LogP contribution < -0.4 is 5.32 Å². The van der Waals surface area contributed by atoms with Crippen LogP contribution in [-0.4, -0.2) is 47.8 Å². The Bertz CT molecular complexity index is 523. The Morgan fingerprint density at radius 2 is 2.08 bits per heavy atom. The summed E-state index contributed by atoms with van der Waals surface area (Å²) in [6.07, 6.45) is 3.00. The number of aromatic nitrogens is 1. The van der Waals surface area contributed by atoms with Gasteiger partial charge in [-0.3, -0.25) is 4.98 Å². The molecule has 0 radical (unpaired) electrons. The summed E-state index contributed by atoms with van der Waals surface area (Å²) in [5, 5.41) is 2.75.